The minimum absolute atomic E-state index is 0.0622. The van der Waals surface area contributed by atoms with Gasteiger partial charge in [-0.25, -0.2) is 10.9 Å². The lowest BCUT2D eigenvalue weighted by molar-refractivity contribution is -0.130. The summed E-state index contributed by atoms with van der Waals surface area (Å²) in [7, 11) is 0. The molecule has 0 aromatic heterocycles. The number of fused-ring (bicyclic) bond motifs is 1. The zero-order valence-electron chi connectivity index (χ0n) is 18.3. The first-order valence-corrected chi connectivity index (χ1v) is 11.1. The molecular weight excluding hydrogens is 394 g/mol. The molecule has 2 aromatic rings. The van der Waals surface area contributed by atoms with E-state index in [0.717, 1.165) is 23.3 Å². The predicted molar refractivity (Wildman–Crippen MR) is 118 cm³/mol. The van der Waals surface area contributed by atoms with E-state index >= 15 is 0 Å². The molecule has 4 atom stereocenters. The minimum Gasteiger partial charge on any atom is -0.508 e. The molecule has 7 nitrogen and oxygen atoms in total. The number of likely N-dealkylation sites (tertiary alicyclic amines) is 1. The summed E-state index contributed by atoms with van der Waals surface area (Å²) < 4.78 is 11.7. The average Bonchev–Trinajstić information content (AvgIpc) is 3.32. The predicted octanol–water partition coefficient (Wildman–Crippen LogP) is 3.32. The van der Waals surface area contributed by atoms with Gasteiger partial charge in [0.25, 0.3) is 0 Å². The molecule has 3 N–H and O–H groups in total. The Morgan fingerprint density at radius 3 is 2.48 bits per heavy atom. The van der Waals surface area contributed by atoms with Crippen LogP contribution in [-0.2, 0) is 4.79 Å². The summed E-state index contributed by atoms with van der Waals surface area (Å²) in [6, 6.07) is 12.5. The second-order valence-electron chi connectivity index (χ2n) is 7.94. The molecule has 7 heteroatoms. The van der Waals surface area contributed by atoms with Crippen LogP contribution in [0.2, 0.25) is 0 Å². The number of ether oxygens (including phenoxy) is 2. The first-order chi connectivity index (χ1) is 15.1. The number of likely N-dealkylation sites (N-methyl/N-ethyl adjacent to an activating group) is 1. The van der Waals surface area contributed by atoms with Crippen molar-refractivity contribution < 1.29 is 19.4 Å². The van der Waals surface area contributed by atoms with Crippen LogP contribution in [0.5, 0.6) is 17.2 Å². The van der Waals surface area contributed by atoms with Crippen LogP contribution in [0.1, 0.15) is 50.4 Å². The molecule has 2 aromatic carbocycles. The van der Waals surface area contributed by atoms with Crippen molar-refractivity contribution >= 4 is 5.91 Å². The van der Waals surface area contributed by atoms with Crippen molar-refractivity contribution in [2.24, 2.45) is 5.92 Å². The average molecular weight is 426 g/mol. The molecule has 0 spiro atoms. The van der Waals surface area contributed by atoms with Crippen molar-refractivity contribution in [3.63, 3.8) is 0 Å². The van der Waals surface area contributed by atoms with E-state index in [2.05, 4.69) is 17.8 Å². The molecule has 2 fully saturated rings. The smallest absolute Gasteiger partial charge is 0.242 e. The van der Waals surface area contributed by atoms with Crippen molar-refractivity contribution in [1.29, 1.82) is 0 Å². The normalized spacial score (nSPS) is 25.0. The molecule has 2 heterocycles. The molecule has 31 heavy (non-hydrogen) atoms. The number of aromatic hydroxyl groups is 1. The number of hydrazine groups is 1. The van der Waals surface area contributed by atoms with Gasteiger partial charge in [-0.05, 0) is 44.0 Å². The van der Waals surface area contributed by atoms with Crippen molar-refractivity contribution in [3.05, 3.63) is 53.6 Å². The van der Waals surface area contributed by atoms with E-state index in [-0.39, 0.29) is 35.7 Å². The topological polar surface area (TPSA) is 83.1 Å². The maximum atomic E-state index is 13.2. The van der Waals surface area contributed by atoms with Gasteiger partial charge >= 0.3 is 0 Å². The summed E-state index contributed by atoms with van der Waals surface area (Å²) in [6.45, 7) is 7.76. The third kappa shape index (κ3) is 3.83. The first-order valence-electron chi connectivity index (χ1n) is 11.1. The SMILES string of the molecule is CCCOc1ccc(C2C3C(NNC3c3ccccc3O)C(=O)N2CC)cc1OCC. The summed E-state index contributed by atoms with van der Waals surface area (Å²) in [5, 5.41) is 10.5. The van der Waals surface area contributed by atoms with E-state index in [1.54, 1.807) is 12.1 Å². The molecule has 4 unspecified atom stereocenters. The first kappa shape index (κ1) is 21.5. The number of rotatable bonds is 8. The number of para-hydroxylation sites is 1. The van der Waals surface area contributed by atoms with Crippen LogP contribution in [0.25, 0.3) is 0 Å². The second-order valence-corrected chi connectivity index (χ2v) is 7.94. The maximum Gasteiger partial charge on any atom is 0.242 e. The van der Waals surface area contributed by atoms with Gasteiger partial charge in [-0.3, -0.25) is 4.79 Å². The van der Waals surface area contributed by atoms with Crippen molar-refractivity contribution in [2.75, 3.05) is 19.8 Å². The molecule has 2 saturated heterocycles. The van der Waals surface area contributed by atoms with E-state index in [0.29, 0.717) is 25.5 Å². The van der Waals surface area contributed by atoms with Crippen LogP contribution in [0, 0.1) is 5.92 Å². The Labute approximate surface area is 183 Å². The second kappa shape index (κ2) is 9.16. The van der Waals surface area contributed by atoms with Gasteiger partial charge in [-0.15, -0.1) is 0 Å². The Balaban J connectivity index is 1.75. The Bertz CT molecular complexity index is 935. The molecular formula is C24H31N3O4. The number of nitrogens with one attached hydrogen (secondary N) is 2. The lowest BCUT2D eigenvalue weighted by atomic mass is 9.83. The Morgan fingerprint density at radius 1 is 1.00 bits per heavy atom. The van der Waals surface area contributed by atoms with Crippen LogP contribution in [-0.4, -0.2) is 41.7 Å². The molecule has 166 valence electrons. The van der Waals surface area contributed by atoms with Gasteiger partial charge in [0.05, 0.1) is 25.3 Å². The highest BCUT2D eigenvalue weighted by atomic mass is 16.5. The Kier molecular flexibility index (Phi) is 6.34. The number of hydrogen-bond acceptors (Lipinski definition) is 6. The molecule has 4 rings (SSSR count). The minimum atomic E-state index is -0.360. The Morgan fingerprint density at radius 2 is 1.77 bits per heavy atom. The van der Waals surface area contributed by atoms with E-state index in [1.165, 1.54) is 0 Å². The quantitative estimate of drug-likeness (QED) is 0.602. The summed E-state index contributed by atoms with van der Waals surface area (Å²) in [4.78, 5) is 15.1. The van der Waals surface area contributed by atoms with Gasteiger partial charge < -0.3 is 19.5 Å². The molecule has 1 amide bonds. The molecule has 0 saturated carbocycles. The molecule has 2 aliphatic rings. The largest absolute Gasteiger partial charge is 0.508 e. The summed E-state index contributed by atoms with van der Waals surface area (Å²) in [6.07, 6.45) is 0.914. The van der Waals surface area contributed by atoms with Crippen LogP contribution >= 0.6 is 0 Å². The number of hydrogen-bond donors (Lipinski definition) is 3. The number of phenolic OH excluding ortho intramolecular Hbond substituents is 1. The van der Waals surface area contributed by atoms with Crippen molar-refractivity contribution in [2.45, 2.75) is 45.3 Å². The van der Waals surface area contributed by atoms with Gasteiger partial charge in [-0.2, -0.15) is 0 Å². The highest BCUT2D eigenvalue weighted by Gasteiger charge is 2.55. The molecule has 2 aliphatic heterocycles. The summed E-state index contributed by atoms with van der Waals surface area (Å²) in [5.41, 5.74) is 8.22. The number of carbonyl (C=O) groups excluding carboxylic acids is 1. The number of phenols is 1. The Hall–Kier alpha value is -2.77. The third-order valence-electron chi connectivity index (χ3n) is 6.10. The summed E-state index contributed by atoms with van der Waals surface area (Å²) in [5.74, 6) is 1.61. The van der Waals surface area contributed by atoms with Gasteiger partial charge in [0.15, 0.2) is 11.5 Å². The van der Waals surface area contributed by atoms with E-state index < -0.39 is 0 Å². The fraction of sp³-hybridized carbons (Fsp3) is 0.458. The fourth-order valence-corrected chi connectivity index (χ4v) is 4.78. The number of nitrogens with zero attached hydrogens (tertiary/aromatic N) is 1. The van der Waals surface area contributed by atoms with Gasteiger partial charge in [0.1, 0.15) is 11.8 Å². The highest BCUT2D eigenvalue weighted by molar-refractivity contribution is 5.86. The van der Waals surface area contributed by atoms with Gasteiger partial charge in [0, 0.05) is 18.0 Å². The van der Waals surface area contributed by atoms with Crippen LogP contribution in [0.3, 0.4) is 0 Å². The number of benzene rings is 2. The van der Waals surface area contributed by atoms with E-state index in [4.69, 9.17) is 9.47 Å². The van der Waals surface area contributed by atoms with Crippen LogP contribution < -0.4 is 20.3 Å². The fourth-order valence-electron chi connectivity index (χ4n) is 4.78. The van der Waals surface area contributed by atoms with E-state index in [9.17, 15) is 9.90 Å². The van der Waals surface area contributed by atoms with Crippen LogP contribution in [0.15, 0.2) is 42.5 Å². The highest BCUT2D eigenvalue weighted by Crippen LogP contribution is 2.49. The lowest BCUT2D eigenvalue weighted by Crippen LogP contribution is -2.41. The number of amides is 1. The molecule has 0 radical (unpaired) electrons. The van der Waals surface area contributed by atoms with Crippen molar-refractivity contribution in [3.8, 4) is 17.2 Å². The van der Waals surface area contributed by atoms with E-state index in [1.807, 2.05) is 49.1 Å². The summed E-state index contributed by atoms with van der Waals surface area (Å²) >= 11 is 0. The molecule has 0 bridgehead atoms. The van der Waals surface area contributed by atoms with Gasteiger partial charge in [-0.1, -0.05) is 31.2 Å². The zero-order chi connectivity index (χ0) is 22.0. The van der Waals surface area contributed by atoms with Gasteiger partial charge in [0.2, 0.25) is 5.91 Å². The van der Waals surface area contributed by atoms with Crippen LogP contribution in [0.4, 0.5) is 0 Å². The van der Waals surface area contributed by atoms with Crippen molar-refractivity contribution in [1.82, 2.24) is 15.8 Å². The standard InChI is InChI=1S/C24H31N3O4/c1-4-13-31-18-12-11-15(14-19(18)30-6-3)23-20-21(16-9-7-8-10-17(16)28)25-26-22(20)24(29)27(23)5-2/h7-12,14,20-23,25-26,28H,4-6,13H2,1-3H3. The third-order valence-corrected chi connectivity index (χ3v) is 6.10. The molecule has 0 aliphatic carbocycles. The lowest BCUT2D eigenvalue weighted by Gasteiger charge is -2.31. The monoisotopic (exact) mass is 425 g/mol. The number of carbonyl (C=O) groups is 1. The maximum absolute atomic E-state index is 13.2. The zero-order valence-corrected chi connectivity index (χ0v) is 18.3.